The zero-order valence-electron chi connectivity index (χ0n) is 16.5. The quantitative estimate of drug-likeness (QED) is 0.554. The van der Waals surface area contributed by atoms with Crippen LogP contribution < -0.4 is 20.7 Å². The monoisotopic (exact) mass is 373 g/mol. The minimum atomic E-state index is -0.933. The molecule has 0 aliphatic carbocycles. The summed E-state index contributed by atoms with van der Waals surface area (Å²) in [4.78, 5) is 29.0. The number of rotatable bonds is 4. The van der Waals surface area contributed by atoms with Crippen molar-refractivity contribution in [3.8, 4) is 5.75 Å². The van der Waals surface area contributed by atoms with Crippen molar-refractivity contribution in [2.45, 2.75) is 52.2 Å². The Morgan fingerprint density at radius 1 is 1.37 bits per heavy atom. The molecule has 0 spiro atoms. The van der Waals surface area contributed by atoms with Gasteiger partial charge in [0.25, 0.3) is 5.91 Å². The lowest BCUT2D eigenvalue weighted by Crippen LogP contribution is -2.46. The first-order valence-corrected chi connectivity index (χ1v) is 8.89. The number of nitrogens with one attached hydrogen (secondary N) is 3. The SMILES string of the molecule is C=NC(=NC(CC)CC)NC(=NC)Nc1ccc2c(n1)NC(=O)C(C)(C)O2. The number of nitrogens with zero attached hydrogens (tertiary/aromatic N) is 4. The molecule has 0 saturated heterocycles. The predicted octanol–water partition coefficient (Wildman–Crippen LogP) is 2.42. The molecule has 1 aromatic rings. The van der Waals surface area contributed by atoms with Crippen LogP contribution in [-0.2, 0) is 4.79 Å². The van der Waals surface area contributed by atoms with Crippen molar-refractivity contribution in [2.75, 3.05) is 17.7 Å². The molecule has 1 aromatic heterocycles. The first-order chi connectivity index (χ1) is 12.8. The number of anilines is 2. The number of guanidine groups is 2. The Hall–Kier alpha value is -2.97. The molecule has 27 heavy (non-hydrogen) atoms. The smallest absolute Gasteiger partial charge is 0.269 e. The normalized spacial score (nSPS) is 16.3. The maximum atomic E-state index is 12.0. The van der Waals surface area contributed by atoms with Gasteiger partial charge in [-0.25, -0.2) is 15.0 Å². The fourth-order valence-electron chi connectivity index (χ4n) is 2.39. The van der Waals surface area contributed by atoms with Gasteiger partial charge in [0.05, 0.1) is 6.04 Å². The highest BCUT2D eigenvalue weighted by molar-refractivity contribution is 6.06. The Bertz CT molecular complexity index is 767. The largest absolute Gasteiger partial charge is 0.474 e. The van der Waals surface area contributed by atoms with Gasteiger partial charge in [-0.1, -0.05) is 13.8 Å². The Labute approximate surface area is 159 Å². The van der Waals surface area contributed by atoms with E-state index in [1.165, 1.54) is 0 Å². The number of pyridine rings is 1. The van der Waals surface area contributed by atoms with E-state index in [9.17, 15) is 4.79 Å². The van der Waals surface area contributed by atoms with E-state index in [-0.39, 0.29) is 11.9 Å². The molecular formula is C18H27N7O2. The van der Waals surface area contributed by atoms with E-state index >= 15 is 0 Å². The topological polar surface area (TPSA) is 112 Å². The lowest BCUT2D eigenvalue weighted by molar-refractivity contribution is -0.129. The first kappa shape index (κ1) is 20.3. The number of hydrogen-bond acceptors (Lipinski definition) is 5. The van der Waals surface area contributed by atoms with Crippen LogP contribution in [-0.4, -0.2) is 48.2 Å². The molecule has 1 amide bonds. The van der Waals surface area contributed by atoms with E-state index in [0.717, 1.165) is 12.8 Å². The number of aromatic nitrogens is 1. The number of amides is 1. The molecule has 0 unspecified atom stereocenters. The van der Waals surface area contributed by atoms with Crippen LogP contribution in [0, 0.1) is 0 Å². The van der Waals surface area contributed by atoms with E-state index < -0.39 is 5.60 Å². The summed E-state index contributed by atoms with van der Waals surface area (Å²) in [6.45, 7) is 11.1. The molecule has 2 heterocycles. The van der Waals surface area contributed by atoms with E-state index in [2.05, 4.69) is 56.5 Å². The van der Waals surface area contributed by atoms with Gasteiger partial charge in [0, 0.05) is 7.05 Å². The third kappa shape index (κ3) is 5.02. The molecule has 3 N–H and O–H groups in total. The van der Waals surface area contributed by atoms with Crippen LogP contribution in [0.4, 0.5) is 11.6 Å². The average molecular weight is 373 g/mol. The molecular weight excluding hydrogens is 346 g/mol. The maximum Gasteiger partial charge on any atom is 0.269 e. The van der Waals surface area contributed by atoms with Crippen LogP contribution in [0.1, 0.15) is 40.5 Å². The second kappa shape index (κ2) is 8.61. The molecule has 0 radical (unpaired) electrons. The van der Waals surface area contributed by atoms with Gasteiger partial charge in [-0.2, -0.15) is 0 Å². The van der Waals surface area contributed by atoms with Gasteiger partial charge in [-0.3, -0.25) is 15.1 Å². The molecule has 9 heteroatoms. The average Bonchev–Trinajstić information content (AvgIpc) is 2.65. The summed E-state index contributed by atoms with van der Waals surface area (Å²) in [7, 11) is 1.62. The molecule has 0 saturated carbocycles. The summed E-state index contributed by atoms with van der Waals surface area (Å²) in [5, 5.41) is 8.79. The van der Waals surface area contributed by atoms with Gasteiger partial charge in [0.2, 0.25) is 11.9 Å². The van der Waals surface area contributed by atoms with Gasteiger partial charge in [0.1, 0.15) is 5.82 Å². The highest BCUT2D eigenvalue weighted by Crippen LogP contribution is 2.32. The number of hydrogen-bond donors (Lipinski definition) is 3. The summed E-state index contributed by atoms with van der Waals surface area (Å²) < 4.78 is 5.68. The Balaban J connectivity index is 2.14. The van der Waals surface area contributed by atoms with E-state index in [1.54, 1.807) is 33.0 Å². The lowest BCUT2D eigenvalue weighted by atomic mass is 10.1. The fraction of sp³-hybridized carbons (Fsp3) is 0.500. The zero-order chi connectivity index (χ0) is 20.0. The van der Waals surface area contributed by atoms with Crippen LogP contribution in [0.3, 0.4) is 0 Å². The van der Waals surface area contributed by atoms with Crippen LogP contribution >= 0.6 is 0 Å². The van der Waals surface area contributed by atoms with E-state index in [4.69, 9.17) is 4.74 Å². The second-order valence-electron chi connectivity index (χ2n) is 6.51. The van der Waals surface area contributed by atoms with Crippen LogP contribution in [0.2, 0.25) is 0 Å². The minimum absolute atomic E-state index is 0.161. The van der Waals surface area contributed by atoms with Crippen LogP contribution in [0.5, 0.6) is 5.75 Å². The van der Waals surface area contributed by atoms with Gasteiger partial charge in [-0.15, -0.1) is 0 Å². The highest BCUT2D eigenvalue weighted by atomic mass is 16.5. The van der Waals surface area contributed by atoms with Crippen molar-refractivity contribution >= 4 is 36.2 Å². The summed E-state index contributed by atoms with van der Waals surface area (Å²) >= 11 is 0. The molecule has 0 aromatic carbocycles. The van der Waals surface area contributed by atoms with Gasteiger partial charge >= 0.3 is 0 Å². The molecule has 1 aliphatic rings. The van der Waals surface area contributed by atoms with Gasteiger partial charge < -0.3 is 15.4 Å². The maximum absolute atomic E-state index is 12.0. The summed E-state index contributed by atoms with van der Waals surface area (Å²) in [6.07, 6.45) is 1.82. The molecule has 2 rings (SSSR count). The Morgan fingerprint density at radius 2 is 2.07 bits per heavy atom. The predicted molar refractivity (Wildman–Crippen MR) is 109 cm³/mol. The molecule has 9 nitrogen and oxygen atoms in total. The number of fused-ring (bicyclic) bond motifs is 1. The van der Waals surface area contributed by atoms with Crippen molar-refractivity contribution in [3.63, 3.8) is 0 Å². The molecule has 1 aliphatic heterocycles. The zero-order valence-corrected chi connectivity index (χ0v) is 16.5. The second-order valence-corrected chi connectivity index (χ2v) is 6.51. The fourth-order valence-corrected chi connectivity index (χ4v) is 2.39. The number of aliphatic imine (C=N–C) groups is 3. The third-order valence-electron chi connectivity index (χ3n) is 4.10. The standard InChI is InChI=1S/C18H27N7O2/c1-7-11(8-2)21-16(19-5)25-17(20-6)23-13-10-9-12-14(22-13)24-15(26)18(3,4)27-12/h9-11H,5,7-8H2,1-4,6H3,(H3,20,21,22,23,24,25,26). The third-order valence-corrected chi connectivity index (χ3v) is 4.10. The molecule has 0 bridgehead atoms. The lowest BCUT2D eigenvalue weighted by Gasteiger charge is -2.30. The van der Waals surface area contributed by atoms with Crippen molar-refractivity contribution in [1.29, 1.82) is 0 Å². The van der Waals surface area contributed by atoms with Crippen LogP contribution in [0.25, 0.3) is 0 Å². The van der Waals surface area contributed by atoms with Crippen molar-refractivity contribution < 1.29 is 9.53 Å². The van der Waals surface area contributed by atoms with E-state index in [1.807, 2.05) is 0 Å². The van der Waals surface area contributed by atoms with Crippen LogP contribution in [0.15, 0.2) is 27.1 Å². The Morgan fingerprint density at radius 3 is 2.67 bits per heavy atom. The van der Waals surface area contributed by atoms with Crippen molar-refractivity contribution in [1.82, 2.24) is 10.3 Å². The summed E-state index contributed by atoms with van der Waals surface area (Å²) in [6, 6.07) is 3.64. The van der Waals surface area contributed by atoms with E-state index in [0.29, 0.717) is 29.3 Å². The Kier molecular flexibility index (Phi) is 6.49. The number of carbonyl (C=O) groups is 1. The minimum Gasteiger partial charge on any atom is -0.474 e. The van der Waals surface area contributed by atoms with Gasteiger partial charge in [-0.05, 0) is 45.5 Å². The first-order valence-electron chi connectivity index (χ1n) is 8.89. The number of carbonyl (C=O) groups excluding carboxylic acids is 1. The highest BCUT2D eigenvalue weighted by Gasteiger charge is 2.36. The van der Waals surface area contributed by atoms with Gasteiger partial charge in [0.15, 0.2) is 17.2 Å². The summed E-state index contributed by atoms with van der Waals surface area (Å²) in [5.74, 6) is 1.88. The van der Waals surface area contributed by atoms with Crippen molar-refractivity contribution in [2.24, 2.45) is 15.0 Å². The molecule has 146 valence electrons. The summed E-state index contributed by atoms with van der Waals surface area (Å²) in [5.41, 5.74) is -0.933. The number of ether oxygens (including phenoxy) is 1. The molecule has 0 fully saturated rings. The molecule has 0 atom stereocenters. The van der Waals surface area contributed by atoms with Crippen molar-refractivity contribution in [3.05, 3.63) is 12.1 Å².